The molecule has 1 amide bonds. The lowest BCUT2D eigenvalue weighted by Gasteiger charge is -2.09. The third kappa shape index (κ3) is 3.94. The van der Waals surface area contributed by atoms with Crippen LogP contribution in [0.3, 0.4) is 0 Å². The predicted molar refractivity (Wildman–Crippen MR) is 108 cm³/mol. The van der Waals surface area contributed by atoms with Crippen LogP contribution < -0.4 is 11.5 Å². The highest BCUT2D eigenvalue weighted by Crippen LogP contribution is 2.27. The number of rotatable bonds is 3. The molecule has 3 rings (SSSR count). The van der Waals surface area contributed by atoms with Gasteiger partial charge in [-0.15, -0.1) is 0 Å². The Morgan fingerprint density at radius 1 is 1.04 bits per heavy atom. The van der Waals surface area contributed by atoms with E-state index in [1.54, 1.807) is 6.07 Å². The fourth-order valence-electron chi connectivity index (χ4n) is 2.93. The van der Waals surface area contributed by atoms with Gasteiger partial charge in [0, 0.05) is 28.7 Å². The number of aliphatic imine (C=N–C) groups is 1. The number of benzene rings is 2. The molecule has 5 heteroatoms. The van der Waals surface area contributed by atoms with Crippen molar-refractivity contribution in [3.05, 3.63) is 70.9 Å². The number of carbonyl (C=O) groups excluding carboxylic acids is 1. The number of nitrogens with two attached hydrogens (primary N) is 2. The number of hydrogen-bond donors (Lipinski definition) is 2. The minimum atomic E-state index is -0.426. The van der Waals surface area contributed by atoms with Gasteiger partial charge in [-0.2, -0.15) is 4.99 Å². The van der Waals surface area contributed by atoms with Crippen molar-refractivity contribution in [2.24, 2.45) is 16.5 Å². The second kappa shape index (κ2) is 8.34. The summed E-state index contributed by atoms with van der Waals surface area (Å²) in [5.74, 6) is -0.653. The number of hydrogen-bond acceptors (Lipinski definition) is 1. The number of fused-ring (bicyclic) bond motifs is 1. The Bertz CT molecular complexity index is 936. The maximum atomic E-state index is 12.0. The van der Waals surface area contributed by atoms with Crippen LogP contribution in [0.4, 0.5) is 0 Å². The summed E-state index contributed by atoms with van der Waals surface area (Å²) < 4.78 is 2.26. The Labute approximate surface area is 154 Å². The third-order valence-electron chi connectivity index (χ3n) is 4.30. The highest BCUT2D eigenvalue weighted by atomic mass is 16.1. The Morgan fingerprint density at radius 3 is 2.31 bits per heavy atom. The Hall–Kier alpha value is -3.08. The van der Waals surface area contributed by atoms with Gasteiger partial charge in [-0.05, 0) is 43.2 Å². The van der Waals surface area contributed by atoms with Crippen LogP contribution in [-0.4, -0.2) is 16.4 Å². The summed E-state index contributed by atoms with van der Waals surface area (Å²) in [6.45, 7) is 8.95. The molecule has 136 valence electrons. The van der Waals surface area contributed by atoms with E-state index in [2.05, 4.69) is 35.5 Å². The number of nitrogens with zero attached hydrogens (tertiary/aromatic N) is 2. The fraction of sp³-hybridized carbons (Fsp3) is 0.238. The summed E-state index contributed by atoms with van der Waals surface area (Å²) >= 11 is 0. The quantitative estimate of drug-likeness (QED) is 0.557. The summed E-state index contributed by atoms with van der Waals surface area (Å²) in [5.41, 5.74) is 15.7. The van der Waals surface area contributed by atoms with Crippen LogP contribution >= 0.6 is 0 Å². The van der Waals surface area contributed by atoms with Crippen molar-refractivity contribution >= 4 is 22.8 Å². The second-order valence-corrected chi connectivity index (χ2v) is 5.86. The average Bonchev–Trinajstić information content (AvgIpc) is 2.88. The summed E-state index contributed by atoms with van der Waals surface area (Å²) in [7, 11) is 0. The molecule has 0 spiro atoms. The van der Waals surface area contributed by atoms with Crippen LogP contribution in [0.15, 0.2) is 53.5 Å². The normalized spacial score (nSPS) is 10.2. The van der Waals surface area contributed by atoms with Crippen molar-refractivity contribution in [1.82, 2.24) is 4.57 Å². The highest BCUT2D eigenvalue weighted by Gasteiger charge is 2.14. The van der Waals surface area contributed by atoms with Gasteiger partial charge in [0.1, 0.15) is 0 Å². The molecule has 0 bridgehead atoms. The molecule has 0 atom stereocenters. The van der Waals surface area contributed by atoms with Crippen LogP contribution in [0, 0.1) is 13.8 Å². The first kappa shape index (κ1) is 19.2. The topological polar surface area (TPSA) is 86.4 Å². The number of amides is 1. The number of aromatic nitrogens is 1. The van der Waals surface area contributed by atoms with Gasteiger partial charge >= 0.3 is 0 Å². The molecule has 0 aliphatic rings. The van der Waals surface area contributed by atoms with E-state index in [1.807, 2.05) is 44.2 Å². The second-order valence-electron chi connectivity index (χ2n) is 5.86. The largest absolute Gasteiger partial charge is 0.370 e. The fourth-order valence-corrected chi connectivity index (χ4v) is 2.93. The Kier molecular flexibility index (Phi) is 6.17. The van der Waals surface area contributed by atoms with E-state index < -0.39 is 5.91 Å². The first-order valence-corrected chi connectivity index (χ1v) is 8.74. The lowest BCUT2D eigenvalue weighted by molar-refractivity contribution is 0.100. The summed E-state index contributed by atoms with van der Waals surface area (Å²) in [4.78, 5) is 15.6. The van der Waals surface area contributed by atoms with Gasteiger partial charge in [0.25, 0.3) is 5.91 Å². The Balaban J connectivity index is 0.00000117. The van der Waals surface area contributed by atoms with Crippen molar-refractivity contribution in [3.63, 3.8) is 0 Å². The molecule has 1 aromatic heterocycles. The lowest BCUT2D eigenvalue weighted by Crippen LogP contribution is -2.24. The summed E-state index contributed by atoms with van der Waals surface area (Å²) in [6.07, 6.45) is 0. The van der Waals surface area contributed by atoms with Gasteiger partial charge in [0.2, 0.25) is 0 Å². The van der Waals surface area contributed by atoms with Gasteiger partial charge in [-0.3, -0.25) is 4.79 Å². The van der Waals surface area contributed by atoms with Crippen molar-refractivity contribution in [2.45, 2.75) is 34.2 Å². The van der Waals surface area contributed by atoms with E-state index >= 15 is 0 Å². The maximum Gasteiger partial charge on any atom is 0.280 e. The SMILES string of the molecule is CC.Cc1c(C)n(Cc2ccccc2)c2ccc(C(=O)N=C(N)N)cc12. The first-order chi connectivity index (χ1) is 12.5. The zero-order chi connectivity index (χ0) is 19.3. The zero-order valence-electron chi connectivity index (χ0n) is 15.8. The van der Waals surface area contributed by atoms with Crippen molar-refractivity contribution in [1.29, 1.82) is 0 Å². The molecule has 0 saturated heterocycles. The molecule has 0 fully saturated rings. The molecule has 3 aromatic rings. The van der Waals surface area contributed by atoms with Gasteiger partial charge in [0.15, 0.2) is 5.96 Å². The maximum absolute atomic E-state index is 12.0. The number of guanidine groups is 1. The van der Waals surface area contributed by atoms with Gasteiger partial charge in [-0.1, -0.05) is 44.2 Å². The third-order valence-corrected chi connectivity index (χ3v) is 4.30. The molecule has 0 aliphatic heterocycles. The first-order valence-electron chi connectivity index (χ1n) is 8.74. The van der Waals surface area contributed by atoms with Crippen LogP contribution in [-0.2, 0) is 6.54 Å². The molecule has 26 heavy (non-hydrogen) atoms. The van der Waals surface area contributed by atoms with E-state index in [9.17, 15) is 4.79 Å². The molecular formula is C21H26N4O. The lowest BCUT2D eigenvalue weighted by atomic mass is 10.1. The molecular weight excluding hydrogens is 324 g/mol. The van der Waals surface area contributed by atoms with E-state index in [4.69, 9.17) is 11.5 Å². The van der Waals surface area contributed by atoms with Crippen LogP contribution in [0.2, 0.25) is 0 Å². The van der Waals surface area contributed by atoms with E-state index in [0.717, 1.165) is 23.0 Å². The van der Waals surface area contributed by atoms with E-state index in [0.29, 0.717) is 5.56 Å². The molecule has 0 unspecified atom stereocenters. The van der Waals surface area contributed by atoms with Crippen LogP contribution in [0.1, 0.15) is 41.0 Å². The van der Waals surface area contributed by atoms with Crippen molar-refractivity contribution < 1.29 is 4.79 Å². The van der Waals surface area contributed by atoms with Crippen molar-refractivity contribution in [3.8, 4) is 0 Å². The van der Waals surface area contributed by atoms with Gasteiger partial charge in [-0.25, -0.2) is 0 Å². The predicted octanol–water partition coefficient (Wildman–Crippen LogP) is 3.75. The van der Waals surface area contributed by atoms with Gasteiger partial charge in [0.05, 0.1) is 0 Å². The number of carbonyl (C=O) groups is 1. The van der Waals surface area contributed by atoms with Crippen LogP contribution in [0.25, 0.3) is 10.9 Å². The molecule has 1 heterocycles. The van der Waals surface area contributed by atoms with E-state index in [1.165, 1.54) is 11.3 Å². The molecule has 0 radical (unpaired) electrons. The minimum Gasteiger partial charge on any atom is -0.370 e. The summed E-state index contributed by atoms with van der Waals surface area (Å²) in [6, 6.07) is 15.9. The number of aryl methyl sites for hydroxylation is 1. The monoisotopic (exact) mass is 350 g/mol. The molecule has 4 N–H and O–H groups in total. The molecule has 5 nitrogen and oxygen atoms in total. The molecule has 0 aliphatic carbocycles. The van der Waals surface area contributed by atoms with E-state index in [-0.39, 0.29) is 5.96 Å². The standard InChI is InChI=1S/C19H20N4O.C2H6/c1-12-13(2)23(11-14-6-4-3-5-7-14)17-9-8-15(10-16(12)17)18(24)22-19(20)21;1-2/h3-10H,11H2,1-2H3,(H4,20,21,22,24);1-2H3. The summed E-state index contributed by atoms with van der Waals surface area (Å²) in [5, 5.41) is 1.04. The Morgan fingerprint density at radius 2 is 1.69 bits per heavy atom. The highest BCUT2D eigenvalue weighted by molar-refractivity contribution is 6.04. The minimum absolute atomic E-state index is 0.227. The van der Waals surface area contributed by atoms with Crippen molar-refractivity contribution in [2.75, 3.05) is 0 Å². The van der Waals surface area contributed by atoms with Crippen LogP contribution in [0.5, 0.6) is 0 Å². The smallest absolute Gasteiger partial charge is 0.280 e. The molecule has 0 saturated carbocycles. The average molecular weight is 350 g/mol. The van der Waals surface area contributed by atoms with Gasteiger partial charge < -0.3 is 16.0 Å². The zero-order valence-corrected chi connectivity index (χ0v) is 15.8. The molecule has 2 aromatic carbocycles.